The average Bonchev–Trinajstić information content (AvgIpc) is 1.69. The predicted octanol–water partition coefficient (Wildman–Crippen LogP) is 22.1. The van der Waals surface area contributed by atoms with Crippen molar-refractivity contribution >= 4 is 141 Å². The van der Waals surface area contributed by atoms with Crippen molar-refractivity contribution in [1.82, 2.24) is 43.6 Å². The average molecular weight is 1230 g/mol. The largest absolute Gasteiger partial charge is 0.278 e. The van der Waals surface area contributed by atoms with Crippen LogP contribution in [0.3, 0.4) is 0 Å². The molecule has 97 heavy (non-hydrogen) atoms. The van der Waals surface area contributed by atoms with E-state index in [1.54, 1.807) is 0 Å². The van der Waals surface area contributed by atoms with Crippen LogP contribution in [0.25, 0.3) is 204 Å². The van der Waals surface area contributed by atoms with E-state index >= 15 is 0 Å². The van der Waals surface area contributed by atoms with Crippen LogP contribution in [0.4, 0.5) is 0 Å². The zero-order valence-electron chi connectivity index (χ0n) is 52.0. The van der Waals surface area contributed by atoms with Crippen molar-refractivity contribution in [2.45, 2.75) is 0 Å². The van der Waals surface area contributed by atoms with Gasteiger partial charge in [0.25, 0.3) is 0 Å². The van der Waals surface area contributed by atoms with E-state index in [1.165, 1.54) is 26.9 Å². The van der Waals surface area contributed by atoms with Crippen LogP contribution < -0.4 is 0 Å². The first-order valence-electron chi connectivity index (χ1n) is 32.8. The van der Waals surface area contributed by atoms with Crippen LogP contribution >= 0.6 is 0 Å². The molecule has 448 valence electrons. The summed E-state index contributed by atoms with van der Waals surface area (Å²) < 4.78 is 6.57. The SMILES string of the molecule is c1ccc2c(c1)ccc1cc(-c3nc(-c4ccc5c6ccccc6c6cc(-c7cccc8c7ccc7ccc(-c9nc(-n%10c%11ccccc%11c%11ccccc%11%10)nc(-n%10c%11ccccc%11c%11ccccc%11%10)n9)cc78)ccc6c5c4)nc(-n4c5ccccc5c5ccccc54)n3)ccc12. The molecule has 21 aromatic rings. The fourth-order valence-electron chi connectivity index (χ4n) is 15.7. The normalized spacial score (nSPS) is 12.1. The minimum atomic E-state index is 0.544. The molecule has 0 aliphatic rings. The van der Waals surface area contributed by atoms with Gasteiger partial charge in [0.2, 0.25) is 17.8 Å². The number of rotatable bonds is 7. The summed E-state index contributed by atoms with van der Waals surface area (Å²) in [4.78, 5) is 32.6. The van der Waals surface area contributed by atoms with E-state index in [1.807, 2.05) is 0 Å². The zero-order chi connectivity index (χ0) is 63.4. The number of fused-ring (bicyclic) bond motifs is 21. The molecule has 9 nitrogen and oxygen atoms in total. The first kappa shape index (κ1) is 53.3. The second-order valence-electron chi connectivity index (χ2n) is 25.3. The highest BCUT2D eigenvalue weighted by atomic mass is 15.3. The molecule has 5 aromatic heterocycles. The smallest absolute Gasteiger partial charge is 0.240 e. The molecule has 0 radical (unpaired) electrons. The van der Waals surface area contributed by atoms with Gasteiger partial charge in [-0.25, -0.2) is 4.98 Å². The maximum Gasteiger partial charge on any atom is 0.240 e. The van der Waals surface area contributed by atoms with Crippen LogP contribution in [0.5, 0.6) is 0 Å². The standard InChI is InChI=1S/C88H51N9/c1-2-19-59-52(18-1)36-38-54-48-56(42-44-61(54)59)83-89-84(91-86(90-83)95-77-30-11-5-22-68(77)69-23-6-12-31-78(69)95)58-43-47-66-62-20-3-4-21-64(62)75-49-55(41-46-67(75)76(66)51-58)60-28-17-29-63-65(60)45-40-53-37-39-57(50-74(53)63)85-92-87(96-79-32-13-7-24-70(79)71-25-8-14-33-80(71)96)94-88(93-85)97-81-34-15-9-26-72(81)73-27-10-16-35-82(73)97/h1-51H. The summed E-state index contributed by atoms with van der Waals surface area (Å²) in [7, 11) is 0. The van der Waals surface area contributed by atoms with Gasteiger partial charge >= 0.3 is 0 Å². The summed E-state index contributed by atoms with van der Waals surface area (Å²) in [5.74, 6) is 3.42. The van der Waals surface area contributed by atoms with Crippen LogP contribution in [0.1, 0.15) is 0 Å². The second kappa shape index (κ2) is 20.6. The molecule has 0 bridgehead atoms. The Morgan fingerprint density at radius 3 is 1.00 bits per heavy atom. The lowest BCUT2D eigenvalue weighted by Gasteiger charge is -2.15. The topological polar surface area (TPSA) is 92.1 Å². The third kappa shape index (κ3) is 8.06. The van der Waals surface area contributed by atoms with Crippen LogP contribution in [0.2, 0.25) is 0 Å². The van der Waals surface area contributed by atoms with Gasteiger partial charge in [-0.2, -0.15) is 24.9 Å². The third-order valence-electron chi connectivity index (χ3n) is 20.1. The fourth-order valence-corrected chi connectivity index (χ4v) is 15.7. The van der Waals surface area contributed by atoms with E-state index in [0.29, 0.717) is 35.3 Å². The van der Waals surface area contributed by atoms with Gasteiger partial charge in [0.1, 0.15) is 0 Å². The molecule has 21 rings (SSSR count). The zero-order valence-corrected chi connectivity index (χ0v) is 52.0. The molecule has 16 aromatic carbocycles. The molecule has 0 aliphatic heterocycles. The first-order chi connectivity index (χ1) is 48.1. The summed E-state index contributed by atoms with van der Waals surface area (Å²) >= 11 is 0. The van der Waals surface area contributed by atoms with Crippen LogP contribution in [0.15, 0.2) is 309 Å². The van der Waals surface area contributed by atoms with Gasteiger partial charge in [-0.05, 0) is 147 Å². The molecule has 0 saturated heterocycles. The van der Waals surface area contributed by atoms with Crippen molar-refractivity contribution < 1.29 is 0 Å². The van der Waals surface area contributed by atoms with E-state index in [0.717, 1.165) is 142 Å². The highest BCUT2D eigenvalue weighted by Gasteiger charge is 2.24. The van der Waals surface area contributed by atoms with Gasteiger partial charge in [-0.1, -0.05) is 249 Å². The van der Waals surface area contributed by atoms with Gasteiger partial charge in [0.15, 0.2) is 17.5 Å². The van der Waals surface area contributed by atoms with Gasteiger partial charge in [0.05, 0.1) is 33.1 Å². The van der Waals surface area contributed by atoms with Crippen LogP contribution in [-0.2, 0) is 0 Å². The van der Waals surface area contributed by atoms with Gasteiger partial charge < -0.3 is 0 Å². The predicted molar refractivity (Wildman–Crippen MR) is 401 cm³/mol. The molecule has 0 N–H and O–H groups in total. The van der Waals surface area contributed by atoms with Crippen LogP contribution in [0, 0.1) is 0 Å². The Hall–Kier alpha value is -13.2. The van der Waals surface area contributed by atoms with Crippen LogP contribution in [-0.4, -0.2) is 43.6 Å². The number of aromatic nitrogens is 9. The molecule has 0 unspecified atom stereocenters. The molecular weight excluding hydrogens is 1180 g/mol. The molecule has 0 atom stereocenters. The minimum absolute atomic E-state index is 0.544. The molecular formula is C88H51N9. The van der Waals surface area contributed by atoms with Gasteiger partial charge in [-0.3, -0.25) is 13.7 Å². The van der Waals surface area contributed by atoms with Crippen molar-refractivity contribution in [3.8, 4) is 63.1 Å². The summed E-state index contributed by atoms with van der Waals surface area (Å²) in [6.45, 7) is 0. The number of hydrogen-bond acceptors (Lipinski definition) is 6. The van der Waals surface area contributed by atoms with Crippen molar-refractivity contribution in [1.29, 1.82) is 0 Å². The number of para-hydroxylation sites is 6. The molecule has 0 saturated carbocycles. The van der Waals surface area contributed by atoms with Crippen molar-refractivity contribution in [2.24, 2.45) is 0 Å². The van der Waals surface area contributed by atoms with Crippen molar-refractivity contribution in [3.05, 3.63) is 309 Å². The molecule has 5 heterocycles. The molecule has 0 fully saturated rings. The maximum atomic E-state index is 5.45. The Morgan fingerprint density at radius 2 is 0.464 bits per heavy atom. The van der Waals surface area contributed by atoms with E-state index in [-0.39, 0.29) is 0 Å². The number of nitrogens with zero attached hydrogens (tertiary/aromatic N) is 9. The Morgan fingerprint density at radius 1 is 0.165 bits per heavy atom. The quantitative estimate of drug-likeness (QED) is 0.148. The summed E-state index contributed by atoms with van der Waals surface area (Å²) in [6, 6.07) is 111. The molecule has 9 heteroatoms. The third-order valence-corrected chi connectivity index (χ3v) is 20.1. The lowest BCUT2D eigenvalue weighted by atomic mass is 9.89. The summed E-state index contributed by atoms with van der Waals surface area (Å²) in [5.41, 5.74) is 11.1. The fraction of sp³-hybridized carbons (Fsp3) is 0. The Labute approximate surface area is 553 Å². The molecule has 0 aliphatic carbocycles. The van der Waals surface area contributed by atoms with E-state index < -0.39 is 0 Å². The minimum Gasteiger partial charge on any atom is -0.278 e. The number of benzene rings is 16. The van der Waals surface area contributed by atoms with E-state index in [4.69, 9.17) is 29.9 Å². The summed E-state index contributed by atoms with van der Waals surface area (Å²) in [5, 5.41) is 23.0. The highest BCUT2D eigenvalue weighted by molar-refractivity contribution is 6.27. The second-order valence-corrected chi connectivity index (χ2v) is 25.3. The lowest BCUT2D eigenvalue weighted by Crippen LogP contribution is -2.10. The van der Waals surface area contributed by atoms with Gasteiger partial charge in [0, 0.05) is 49.0 Å². The monoisotopic (exact) mass is 1230 g/mol. The maximum absolute atomic E-state index is 5.45. The van der Waals surface area contributed by atoms with E-state index in [9.17, 15) is 0 Å². The Bertz CT molecular complexity index is 6680. The lowest BCUT2D eigenvalue weighted by molar-refractivity contribution is 0.893. The molecule has 0 amide bonds. The highest BCUT2D eigenvalue weighted by Crippen LogP contribution is 2.43. The van der Waals surface area contributed by atoms with Crippen molar-refractivity contribution in [2.75, 3.05) is 0 Å². The van der Waals surface area contributed by atoms with E-state index in [2.05, 4.69) is 323 Å². The Balaban J connectivity index is 0.724. The first-order valence-corrected chi connectivity index (χ1v) is 32.8. The Kier molecular flexibility index (Phi) is 11.3. The van der Waals surface area contributed by atoms with Gasteiger partial charge in [-0.15, -0.1) is 0 Å². The summed E-state index contributed by atoms with van der Waals surface area (Å²) in [6.07, 6.45) is 0. The van der Waals surface area contributed by atoms with Crippen molar-refractivity contribution in [3.63, 3.8) is 0 Å². The number of hydrogen-bond donors (Lipinski definition) is 0. The molecule has 0 spiro atoms.